The van der Waals surface area contributed by atoms with Gasteiger partial charge in [-0.15, -0.1) is 0 Å². The Morgan fingerprint density at radius 3 is 2.54 bits per heavy atom. The second-order valence-electron chi connectivity index (χ2n) is 5.97. The normalized spacial score (nSPS) is 18.7. The second kappa shape index (κ2) is 6.74. The average Bonchev–Trinajstić information content (AvgIpc) is 3.37. The molecule has 1 saturated carbocycles. The molecule has 2 aromatic rings. The fourth-order valence-corrected chi connectivity index (χ4v) is 2.64. The largest absolute Gasteiger partial charge is 0.489 e. The molecular weight excluding hydrogens is 306 g/mol. The summed E-state index contributed by atoms with van der Waals surface area (Å²) in [5.74, 6) is -1.32. The number of benzene rings is 2. The Labute approximate surface area is 140 Å². The molecule has 0 aliphatic heterocycles. The molecule has 0 radical (unpaired) electrons. The van der Waals surface area contributed by atoms with Gasteiger partial charge in [0.05, 0.1) is 11.8 Å². The van der Waals surface area contributed by atoms with Crippen LogP contribution in [0.3, 0.4) is 0 Å². The lowest BCUT2D eigenvalue weighted by Crippen LogP contribution is -2.17. The average molecular weight is 325 g/mol. The Morgan fingerprint density at radius 2 is 1.88 bits per heavy atom. The third-order valence-electron chi connectivity index (χ3n) is 4.29. The highest BCUT2D eigenvalue weighted by Gasteiger charge is 2.48. The summed E-state index contributed by atoms with van der Waals surface area (Å²) in [6.07, 6.45) is 0.414. The van der Waals surface area contributed by atoms with E-state index in [1.165, 1.54) is 0 Å². The van der Waals surface area contributed by atoms with Gasteiger partial charge in [-0.25, -0.2) is 0 Å². The summed E-state index contributed by atoms with van der Waals surface area (Å²) in [4.78, 5) is 23.0. The Balaban J connectivity index is 1.65. The topological polar surface area (TPSA) is 75.6 Å². The number of carboxylic acids is 1. The van der Waals surface area contributed by atoms with Gasteiger partial charge in [-0.2, -0.15) is 0 Å². The van der Waals surface area contributed by atoms with E-state index in [0.717, 1.165) is 16.9 Å². The van der Waals surface area contributed by atoms with Crippen LogP contribution in [-0.2, 0) is 16.2 Å². The highest BCUT2D eigenvalue weighted by atomic mass is 16.5. The van der Waals surface area contributed by atoms with Crippen molar-refractivity contribution in [3.05, 3.63) is 59.7 Å². The summed E-state index contributed by atoms with van der Waals surface area (Å²) in [6.45, 7) is 2.32. The molecular formula is C19H19NO4. The molecule has 0 bridgehead atoms. The summed E-state index contributed by atoms with van der Waals surface area (Å²) >= 11 is 0. The van der Waals surface area contributed by atoms with E-state index < -0.39 is 17.8 Å². The van der Waals surface area contributed by atoms with Crippen molar-refractivity contribution in [1.29, 1.82) is 0 Å². The fraction of sp³-hybridized carbons (Fsp3) is 0.263. The summed E-state index contributed by atoms with van der Waals surface area (Å²) in [7, 11) is 0. The minimum atomic E-state index is -0.906. The molecule has 0 spiro atoms. The maximum atomic E-state index is 12.1. The SMILES string of the molecule is Cc1c(COc2ccccc2)cccc1NC(=O)C1CC1C(=O)O. The van der Waals surface area contributed by atoms with Gasteiger partial charge in [0, 0.05) is 5.69 Å². The van der Waals surface area contributed by atoms with Crippen molar-refractivity contribution in [2.75, 3.05) is 5.32 Å². The van der Waals surface area contributed by atoms with Crippen LogP contribution >= 0.6 is 0 Å². The molecule has 1 amide bonds. The van der Waals surface area contributed by atoms with E-state index in [4.69, 9.17) is 9.84 Å². The van der Waals surface area contributed by atoms with Crippen molar-refractivity contribution < 1.29 is 19.4 Å². The summed E-state index contributed by atoms with van der Waals surface area (Å²) in [5, 5.41) is 11.8. The zero-order valence-corrected chi connectivity index (χ0v) is 13.4. The lowest BCUT2D eigenvalue weighted by molar-refractivity contribution is -0.139. The first-order valence-electron chi connectivity index (χ1n) is 7.86. The van der Waals surface area contributed by atoms with Gasteiger partial charge in [-0.05, 0) is 42.7 Å². The van der Waals surface area contributed by atoms with Crippen LogP contribution in [0.5, 0.6) is 5.75 Å². The quantitative estimate of drug-likeness (QED) is 0.855. The van der Waals surface area contributed by atoms with Gasteiger partial charge in [0.25, 0.3) is 0 Å². The monoisotopic (exact) mass is 325 g/mol. The smallest absolute Gasteiger partial charge is 0.307 e. The molecule has 2 N–H and O–H groups in total. The van der Waals surface area contributed by atoms with Crippen LogP contribution in [0.1, 0.15) is 17.5 Å². The first kappa shape index (κ1) is 16.1. The van der Waals surface area contributed by atoms with Crippen molar-refractivity contribution in [2.24, 2.45) is 11.8 Å². The Kier molecular flexibility index (Phi) is 4.51. The zero-order valence-electron chi connectivity index (χ0n) is 13.4. The molecule has 0 aromatic heterocycles. The standard InChI is InChI=1S/C19H19NO4/c1-12-13(11-24-14-7-3-2-4-8-14)6-5-9-17(12)20-18(21)15-10-16(15)19(22)23/h2-9,15-16H,10-11H2,1H3,(H,20,21)(H,22,23). The lowest BCUT2D eigenvalue weighted by Gasteiger charge is -2.13. The third kappa shape index (κ3) is 3.56. The van der Waals surface area contributed by atoms with E-state index in [-0.39, 0.29) is 5.91 Å². The van der Waals surface area contributed by atoms with Gasteiger partial charge < -0.3 is 15.2 Å². The molecule has 0 heterocycles. The van der Waals surface area contributed by atoms with Gasteiger partial charge in [0.1, 0.15) is 12.4 Å². The number of hydrogen-bond acceptors (Lipinski definition) is 3. The van der Waals surface area contributed by atoms with Crippen LogP contribution in [0.15, 0.2) is 48.5 Å². The lowest BCUT2D eigenvalue weighted by atomic mass is 10.1. The molecule has 24 heavy (non-hydrogen) atoms. The third-order valence-corrected chi connectivity index (χ3v) is 4.29. The van der Waals surface area contributed by atoms with E-state index in [9.17, 15) is 9.59 Å². The van der Waals surface area contributed by atoms with Gasteiger partial charge in [0.2, 0.25) is 5.91 Å². The number of hydrogen-bond donors (Lipinski definition) is 2. The van der Waals surface area contributed by atoms with Crippen molar-refractivity contribution in [1.82, 2.24) is 0 Å². The van der Waals surface area contributed by atoms with Crippen molar-refractivity contribution in [3.63, 3.8) is 0 Å². The number of aliphatic carboxylic acids is 1. The van der Waals surface area contributed by atoms with Crippen molar-refractivity contribution in [2.45, 2.75) is 20.0 Å². The fourth-order valence-electron chi connectivity index (χ4n) is 2.64. The number of amides is 1. The Hall–Kier alpha value is -2.82. The molecule has 3 rings (SSSR count). The molecule has 1 aliphatic carbocycles. The summed E-state index contributed by atoms with van der Waals surface area (Å²) in [5.41, 5.74) is 2.60. The minimum Gasteiger partial charge on any atom is -0.489 e. The maximum Gasteiger partial charge on any atom is 0.307 e. The van der Waals surface area contributed by atoms with Crippen molar-refractivity contribution >= 4 is 17.6 Å². The highest BCUT2D eigenvalue weighted by molar-refractivity contribution is 5.98. The molecule has 124 valence electrons. The molecule has 0 saturated heterocycles. The molecule has 2 aromatic carbocycles. The molecule has 2 atom stereocenters. The van der Waals surface area contributed by atoms with Gasteiger partial charge >= 0.3 is 5.97 Å². The maximum absolute atomic E-state index is 12.1. The zero-order chi connectivity index (χ0) is 17.1. The van der Waals surface area contributed by atoms with E-state index in [1.807, 2.05) is 55.5 Å². The number of rotatable bonds is 6. The van der Waals surface area contributed by atoms with Crippen LogP contribution in [0.25, 0.3) is 0 Å². The van der Waals surface area contributed by atoms with Crippen molar-refractivity contribution in [3.8, 4) is 5.75 Å². The number of carboxylic acid groups (broad SMARTS) is 1. The van der Waals surface area contributed by atoms with Crippen LogP contribution < -0.4 is 10.1 Å². The van der Waals surface area contributed by atoms with Gasteiger partial charge in [-0.3, -0.25) is 9.59 Å². The van der Waals surface area contributed by atoms with Gasteiger partial charge in [0.15, 0.2) is 0 Å². The van der Waals surface area contributed by atoms with E-state index in [0.29, 0.717) is 18.7 Å². The van der Waals surface area contributed by atoms with Crippen LogP contribution in [-0.4, -0.2) is 17.0 Å². The number of ether oxygens (including phenoxy) is 1. The summed E-state index contributed by atoms with van der Waals surface area (Å²) in [6, 6.07) is 15.1. The molecule has 5 nitrogen and oxygen atoms in total. The first-order chi connectivity index (χ1) is 11.6. The first-order valence-corrected chi connectivity index (χ1v) is 7.86. The summed E-state index contributed by atoms with van der Waals surface area (Å²) < 4.78 is 5.75. The Morgan fingerprint density at radius 1 is 1.12 bits per heavy atom. The Bertz CT molecular complexity index is 757. The number of nitrogens with one attached hydrogen (secondary N) is 1. The van der Waals surface area contributed by atoms with Crippen LogP contribution in [0, 0.1) is 18.8 Å². The molecule has 2 unspecified atom stereocenters. The predicted molar refractivity (Wildman–Crippen MR) is 89.8 cm³/mol. The predicted octanol–water partition coefficient (Wildman–Crippen LogP) is 3.23. The van der Waals surface area contributed by atoms with E-state index in [1.54, 1.807) is 0 Å². The van der Waals surface area contributed by atoms with E-state index >= 15 is 0 Å². The minimum absolute atomic E-state index is 0.230. The number of carbonyl (C=O) groups is 2. The van der Waals surface area contributed by atoms with Crippen LogP contribution in [0.4, 0.5) is 5.69 Å². The molecule has 5 heteroatoms. The number of carbonyl (C=O) groups excluding carboxylic acids is 1. The van der Waals surface area contributed by atoms with Crippen LogP contribution in [0.2, 0.25) is 0 Å². The highest BCUT2D eigenvalue weighted by Crippen LogP contribution is 2.39. The second-order valence-corrected chi connectivity index (χ2v) is 5.97. The number of anilines is 1. The molecule has 1 aliphatic rings. The number of para-hydroxylation sites is 1. The molecule has 1 fully saturated rings. The van der Waals surface area contributed by atoms with Gasteiger partial charge in [-0.1, -0.05) is 30.3 Å². The van der Waals surface area contributed by atoms with E-state index in [2.05, 4.69) is 5.32 Å².